The number of nitrogens with zero attached hydrogens (tertiary/aromatic N) is 2. The molecule has 2 heterocycles. The van der Waals surface area contributed by atoms with Crippen LogP contribution in [0.25, 0.3) is 11.4 Å². The van der Waals surface area contributed by atoms with Crippen molar-refractivity contribution in [3.8, 4) is 22.9 Å². The Labute approximate surface area is 218 Å². The zero-order valence-electron chi connectivity index (χ0n) is 22.1. The molecule has 0 aliphatic carbocycles. The van der Waals surface area contributed by atoms with Crippen LogP contribution in [0.2, 0.25) is 0 Å². The number of ether oxygens (including phenoxy) is 3. The normalized spacial score (nSPS) is 11.9. The van der Waals surface area contributed by atoms with Gasteiger partial charge < -0.3 is 24.1 Å². The number of methoxy groups -OCH3 is 2. The summed E-state index contributed by atoms with van der Waals surface area (Å²) in [4.78, 5) is 17.9. The van der Waals surface area contributed by atoms with E-state index in [-0.39, 0.29) is 5.91 Å². The molecule has 196 valence electrons. The van der Waals surface area contributed by atoms with Crippen molar-refractivity contribution in [3.05, 3.63) is 52.0 Å². The Hall–Kier alpha value is -2.84. The number of carbonyl (C=O) groups excluding carboxylic acids is 1. The van der Waals surface area contributed by atoms with Gasteiger partial charge in [0.1, 0.15) is 23.1 Å². The highest BCUT2D eigenvalue weighted by atomic mass is 32.1. The minimum Gasteiger partial charge on any atom is -0.497 e. The third kappa shape index (κ3) is 7.34. The van der Waals surface area contributed by atoms with Crippen LogP contribution in [0.1, 0.15) is 60.6 Å². The van der Waals surface area contributed by atoms with Crippen molar-refractivity contribution in [2.75, 3.05) is 27.4 Å². The molecule has 0 bridgehead atoms. The second-order valence-electron chi connectivity index (χ2n) is 8.89. The Bertz CT molecular complexity index is 1090. The molecule has 0 radical (unpaired) electrons. The summed E-state index contributed by atoms with van der Waals surface area (Å²) in [7, 11) is 3.33. The van der Waals surface area contributed by atoms with Crippen LogP contribution in [0, 0.1) is 12.8 Å². The molecule has 0 aliphatic heterocycles. The van der Waals surface area contributed by atoms with Gasteiger partial charge in [-0.25, -0.2) is 4.98 Å². The number of amides is 1. The fourth-order valence-corrected chi connectivity index (χ4v) is 4.84. The first-order valence-corrected chi connectivity index (χ1v) is 13.6. The second-order valence-corrected chi connectivity index (χ2v) is 9.83. The summed E-state index contributed by atoms with van der Waals surface area (Å²) in [6.45, 7) is 8.66. The number of hydrogen-bond acceptors (Lipinski definition) is 6. The van der Waals surface area contributed by atoms with Crippen LogP contribution in [0.3, 0.4) is 0 Å². The summed E-state index contributed by atoms with van der Waals surface area (Å²) < 4.78 is 18.5. The number of nitrogens with one attached hydrogen (secondary N) is 1. The number of carbonyl (C=O) groups is 1. The summed E-state index contributed by atoms with van der Waals surface area (Å²) in [5.74, 6) is 2.03. The number of benzene rings is 1. The van der Waals surface area contributed by atoms with E-state index >= 15 is 0 Å². The molecule has 3 aromatic rings. The predicted octanol–water partition coefficient (Wildman–Crippen LogP) is 6.10. The fraction of sp³-hybridized carbons (Fsp3) is 0.500. The van der Waals surface area contributed by atoms with E-state index in [1.54, 1.807) is 25.6 Å². The van der Waals surface area contributed by atoms with Crippen molar-refractivity contribution in [1.29, 1.82) is 0 Å². The van der Waals surface area contributed by atoms with Gasteiger partial charge in [-0.2, -0.15) is 0 Å². The lowest BCUT2D eigenvalue weighted by molar-refractivity contribution is 0.0945. The Morgan fingerprint density at radius 1 is 1.17 bits per heavy atom. The molecule has 0 aliphatic rings. The standard InChI is InChI=1S/C28H39N3O4S/c1-6-8-9-21(7-2)17-29-28(32)24-16-26(31(20(24)3)14-15-33-4)25-19-36-27(30-25)18-35-23-12-10-22(34-5)11-13-23/h10-13,16,19,21H,6-9,14-15,17-18H2,1-5H3,(H,29,32). The number of aromatic nitrogens is 2. The number of hydrogen-bond donors (Lipinski definition) is 1. The molecular weight excluding hydrogens is 474 g/mol. The minimum atomic E-state index is -0.0295. The number of unbranched alkanes of at least 4 members (excludes halogenated alkanes) is 1. The maximum absolute atomic E-state index is 13.1. The van der Waals surface area contributed by atoms with Crippen molar-refractivity contribution < 1.29 is 19.0 Å². The van der Waals surface area contributed by atoms with Crippen molar-refractivity contribution >= 4 is 17.2 Å². The van der Waals surface area contributed by atoms with Gasteiger partial charge in [0.05, 0.1) is 30.7 Å². The van der Waals surface area contributed by atoms with Crippen molar-refractivity contribution in [2.45, 2.75) is 59.6 Å². The van der Waals surface area contributed by atoms with Gasteiger partial charge in [-0.15, -0.1) is 11.3 Å². The highest BCUT2D eigenvalue weighted by Crippen LogP contribution is 2.28. The van der Waals surface area contributed by atoms with E-state index in [0.717, 1.165) is 46.4 Å². The van der Waals surface area contributed by atoms with Gasteiger partial charge in [-0.1, -0.05) is 33.1 Å². The molecule has 0 saturated carbocycles. The van der Waals surface area contributed by atoms with E-state index in [9.17, 15) is 4.79 Å². The highest BCUT2D eigenvalue weighted by Gasteiger charge is 2.21. The Kier molecular flexibility index (Phi) is 10.8. The molecule has 0 fully saturated rings. The lowest BCUT2D eigenvalue weighted by Crippen LogP contribution is -2.29. The van der Waals surface area contributed by atoms with E-state index in [4.69, 9.17) is 19.2 Å². The zero-order valence-corrected chi connectivity index (χ0v) is 23.0. The van der Waals surface area contributed by atoms with Crippen LogP contribution < -0.4 is 14.8 Å². The first-order chi connectivity index (χ1) is 17.5. The average molecular weight is 514 g/mol. The van der Waals surface area contributed by atoms with Crippen LogP contribution >= 0.6 is 11.3 Å². The number of rotatable bonds is 15. The molecule has 1 unspecified atom stereocenters. The van der Waals surface area contributed by atoms with Crippen LogP contribution in [0.15, 0.2) is 35.7 Å². The smallest absolute Gasteiger partial charge is 0.253 e. The third-order valence-corrected chi connectivity index (χ3v) is 7.28. The molecule has 3 rings (SSSR count). The van der Waals surface area contributed by atoms with Crippen LogP contribution in [-0.4, -0.2) is 42.8 Å². The molecule has 0 spiro atoms. The zero-order chi connectivity index (χ0) is 25.9. The van der Waals surface area contributed by atoms with Gasteiger partial charge in [0.15, 0.2) is 0 Å². The first kappa shape index (κ1) is 27.7. The maximum atomic E-state index is 13.1. The second kappa shape index (κ2) is 14.0. The molecule has 2 aromatic heterocycles. The lowest BCUT2D eigenvalue weighted by atomic mass is 9.99. The van der Waals surface area contributed by atoms with E-state index in [2.05, 4.69) is 23.7 Å². The van der Waals surface area contributed by atoms with Crippen molar-refractivity contribution in [1.82, 2.24) is 14.9 Å². The highest BCUT2D eigenvalue weighted by molar-refractivity contribution is 7.09. The minimum absolute atomic E-state index is 0.0295. The molecule has 1 aromatic carbocycles. The molecule has 8 heteroatoms. The van der Waals surface area contributed by atoms with Gasteiger partial charge in [-0.05, 0) is 49.6 Å². The summed E-state index contributed by atoms with van der Waals surface area (Å²) in [5, 5.41) is 6.05. The van der Waals surface area contributed by atoms with E-state index in [1.165, 1.54) is 12.8 Å². The molecule has 0 saturated heterocycles. The van der Waals surface area contributed by atoms with Gasteiger partial charge in [0.2, 0.25) is 0 Å². The first-order valence-electron chi connectivity index (χ1n) is 12.7. The maximum Gasteiger partial charge on any atom is 0.253 e. The molecule has 1 atom stereocenters. The van der Waals surface area contributed by atoms with E-state index in [0.29, 0.717) is 37.8 Å². The summed E-state index contributed by atoms with van der Waals surface area (Å²) in [6, 6.07) is 9.45. The van der Waals surface area contributed by atoms with Gasteiger partial charge in [0.25, 0.3) is 5.91 Å². The summed E-state index contributed by atoms with van der Waals surface area (Å²) in [5.41, 5.74) is 3.36. The van der Waals surface area contributed by atoms with Gasteiger partial charge in [0, 0.05) is 31.3 Å². The number of thiazole rings is 1. The molecule has 36 heavy (non-hydrogen) atoms. The molecule has 1 N–H and O–H groups in total. The quantitative estimate of drug-likeness (QED) is 0.266. The molecular formula is C28H39N3O4S. The largest absolute Gasteiger partial charge is 0.497 e. The van der Waals surface area contributed by atoms with Crippen LogP contribution in [0.5, 0.6) is 11.5 Å². The average Bonchev–Trinajstić information content (AvgIpc) is 3.50. The Morgan fingerprint density at radius 3 is 2.58 bits per heavy atom. The fourth-order valence-electron chi connectivity index (χ4n) is 4.15. The predicted molar refractivity (Wildman–Crippen MR) is 145 cm³/mol. The third-order valence-electron chi connectivity index (χ3n) is 6.46. The van der Waals surface area contributed by atoms with E-state index in [1.807, 2.05) is 42.6 Å². The van der Waals surface area contributed by atoms with Crippen LogP contribution in [-0.2, 0) is 17.9 Å². The Morgan fingerprint density at radius 2 is 1.92 bits per heavy atom. The SMILES string of the molecule is CCCCC(CC)CNC(=O)c1cc(-c2csc(COc3ccc(OC)cc3)n2)n(CCOC)c1C. The van der Waals surface area contributed by atoms with Crippen LogP contribution in [0.4, 0.5) is 0 Å². The lowest BCUT2D eigenvalue weighted by Gasteiger charge is -2.15. The van der Waals surface area contributed by atoms with E-state index < -0.39 is 0 Å². The Balaban J connectivity index is 1.74. The monoisotopic (exact) mass is 513 g/mol. The summed E-state index contributed by atoms with van der Waals surface area (Å²) in [6.07, 6.45) is 4.58. The van der Waals surface area contributed by atoms with Crippen molar-refractivity contribution in [3.63, 3.8) is 0 Å². The molecule has 1 amide bonds. The summed E-state index contributed by atoms with van der Waals surface area (Å²) >= 11 is 1.55. The van der Waals surface area contributed by atoms with Gasteiger partial charge in [-0.3, -0.25) is 4.79 Å². The van der Waals surface area contributed by atoms with Gasteiger partial charge >= 0.3 is 0 Å². The van der Waals surface area contributed by atoms with Crippen molar-refractivity contribution in [2.24, 2.45) is 5.92 Å². The molecule has 7 nitrogen and oxygen atoms in total. The topological polar surface area (TPSA) is 74.6 Å².